The second-order valence-corrected chi connectivity index (χ2v) is 9.42. The van der Waals surface area contributed by atoms with Crippen LogP contribution in [0.3, 0.4) is 0 Å². The van der Waals surface area contributed by atoms with E-state index < -0.39 is 0 Å². The summed E-state index contributed by atoms with van der Waals surface area (Å²) < 4.78 is 10.3. The number of carbonyl (C=O) groups is 2. The lowest BCUT2D eigenvalue weighted by molar-refractivity contribution is -0.147. The maximum Gasteiger partial charge on any atom is 0.316 e. The van der Waals surface area contributed by atoms with Gasteiger partial charge < -0.3 is 14.8 Å². The molecule has 4 bridgehead atoms. The summed E-state index contributed by atoms with van der Waals surface area (Å²) in [5.74, 6) is 2.79. The first kappa shape index (κ1) is 18.7. The molecule has 1 amide bonds. The SMILES string of the molecule is COc1ccc(SCC(=O)OCC(=O)NC23CC4CC(CC(C4)C2)C3)cc1. The Morgan fingerprint density at radius 2 is 1.67 bits per heavy atom. The van der Waals surface area contributed by atoms with Crippen molar-refractivity contribution in [2.24, 2.45) is 17.8 Å². The quantitative estimate of drug-likeness (QED) is 0.572. The van der Waals surface area contributed by atoms with Crippen LogP contribution < -0.4 is 10.1 Å². The first-order valence-corrected chi connectivity index (χ1v) is 10.8. The van der Waals surface area contributed by atoms with Crippen LogP contribution in [0.2, 0.25) is 0 Å². The van der Waals surface area contributed by atoms with Gasteiger partial charge in [-0.3, -0.25) is 9.59 Å². The van der Waals surface area contributed by atoms with Crippen molar-refractivity contribution in [3.05, 3.63) is 24.3 Å². The topological polar surface area (TPSA) is 64.6 Å². The molecule has 0 saturated heterocycles. The van der Waals surface area contributed by atoms with E-state index in [9.17, 15) is 9.59 Å². The third-order valence-corrected chi connectivity index (χ3v) is 7.21. The molecule has 4 saturated carbocycles. The van der Waals surface area contributed by atoms with Gasteiger partial charge in [0.05, 0.1) is 12.9 Å². The zero-order chi connectivity index (χ0) is 18.9. The van der Waals surface area contributed by atoms with E-state index in [2.05, 4.69) is 5.32 Å². The fraction of sp³-hybridized carbons (Fsp3) is 0.619. The number of ether oxygens (including phenoxy) is 2. The standard InChI is InChI=1S/C21H27NO4S/c1-25-17-2-4-18(5-3-17)27-13-20(24)26-12-19(23)22-21-9-14-6-15(10-21)8-16(7-14)11-21/h2-5,14-16H,6-13H2,1H3,(H,22,23). The zero-order valence-electron chi connectivity index (χ0n) is 15.7. The summed E-state index contributed by atoms with van der Waals surface area (Å²) in [6.45, 7) is -0.177. The van der Waals surface area contributed by atoms with Gasteiger partial charge in [0.15, 0.2) is 6.61 Å². The highest BCUT2D eigenvalue weighted by atomic mass is 32.2. The van der Waals surface area contributed by atoms with Crippen LogP contribution in [0.5, 0.6) is 5.75 Å². The second-order valence-electron chi connectivity index (χ2n) is 8.37. The normalized spacial score (nSPS) is 30.8. The molecule has 27 heavy (non-hydrogen) atoms. The first-order chi connectivity index (χ1) is 13.0. The van der Waals surface area contributed by atoms with Crippen LogP contribution in [0.15, 0.2) is 29.2 Å². The average Bonchev–Trinajstić information content (AvgIpc) is 2.63. The molecule has 4 aliphatic rings. The Bertz CT molecular complexity index is 667. The summed E-state index contributed by atoms with van der Waals surface area (Å²) in [4.78, 5) is 25.3. The van der Waals surface area contributed by atoms with Crippen molar-refractivity contribution in [1.82, 2.24) is 5.32 Å². The second kappa shape index (κ2) is 7.74. The number of hydrogen-bond donors (Lipinski definition) is 1. The summed E-state index contributed by atoms with van der Waals surface area (Å²) in [6.07, 6.45) is 7.33. The minimum atomic E-state index is -0.364. The third kappa shape index (κ3) is 4.42. The van der Waals surface area contributed by atoms with E-state index in [0.29, 0.717) is 0 Å². The molecule has 1 N–H and O–H groups in total. The molecule has 1 aromatic rings. The highest BCUT2D eigenvalue weighted by Gasteiger charge is 2.51. The molecule has 0 aliphatic heterocycles. The number of methoxy groups -OCH3 is 1. The first-order valence-electron chi connectivity index (χ1n) is 9.77. The Balaban J connectivity index is 1.20. The number of benzene rings is 1. The Morgan fingerprint density at radius 3 is 2.22 bits per heavy atom. The Hall–Kier alpha value is -1.69. The molecule has 0 spiro atoms. The van der Waals surface area contributed by atoms with Gasteiger partial charge in [0, 0.05) is 10.4 Å². The van der Waals surface area contributed by atoms with E-state index in [1.54, 1.807) is 7.11 Å². The molecule has 6 heteroatoms. The van der Waals surface area contributed by atoms with Crippen LogP contribution in [0, 0.1) is 17.8 Å². The molecule has 0 heterocycles. The number of hydrogen-bond acceptors (Lipinski definition) is 5. The average molecular weight is 390 g/mol. The predicted molar refractivity (Wildman–Crippen MR) is 104 cm³/mol. The highest BCUT2D eigenvalue weighted by molar-refractivity contribution is 8.00. The lowest BCUT2D eigenvalue weighted by Gasteiger charge is -2.56. The molecule has 0 aromatic heterocycles. The van der Waals surface area contributed by atoms with Crippen molar-refractivity contribution < 1.29 is 19.1 Å². The lowest BCUT2D eigenvalue weighted by atomic mass is 9.53. The fourth-order valence-electron chi connectivity index (χ4n) is 5.60. The van der Waals surface area contributed by atoms with Crippen LogP contribution in [0.4, 0.5) is 0 Å². The van der Waals surface area contributed by atoms with Gasteiger partial charge in [-0.25, -0.2) is 0 Å². The number of nitrogens with one attached hydrogen (secondary N) is 1. The lowest BCUT2D eigenvalue weighted by Crippen LogP contribution is -2.60. The third-order valence-electron chi connectivity index (χ3n) is 6.22. The molecule has 1 aromatic carbocycles. The number of carbonyl (C=O) groups excluding carboxylic acids is 2. The Kier molecular flexibility index (Phi) is 5.35. The maximum absolute atomic E-state index is 12.4. The molecule has 4 aliphatic carbocycles. The number of amides is 1. The van der Waals surface area contributed by atoms with E-state index in [0.717, 1.165) is 47.7 Å². The van der Waals surface area contributed by atoms with Crippen LogP contribution in [-0.2, 0) is 14.3 Å². The van der Waals surface area contributed by atoms with Crippen molar-refractivity contribution >= 4 is 23.6 Å². The number of esters is 1. The van der Waals surface area contributed by atoms with Crippen molar-refractivity contribution in [2.45, 2.75) is 49.0 Å². The molecule has 5 rings (SSSR count). The summed E-state index contributed by atoms with van der Waals surface area (Å²) in [7, 11) is 1.62. The molecular formula is C21H27NO4S. The summed E-state index contributed by atoms with van der Waals surface area (Å²) >= 11 is 1.39. The van der Waals surface area contributed by atoms with Crippen molar-refractivity contribution in [1.29, 1.82) is 0 Å². The number of thioether (sulfide) groups is 1. The number of rotatable bonds is 7. The Labute approximate surface area is 164 Å². The van der Waals surface area contributed by atoms with E-state index in [-0.39, 0.29) is 29.8 Å². The smallest absolute Gasteiger partial charge is 0.316 e. The minimum Gasteiger partial charge on any atom is -0.497 e. The van der Waals surface area contributed by atoms with Gasteiger partial charge in [-0.15, -0.1) is 11.8 Å². The van der Waals surface area contributed by atoms with E-state index in [1.165, 1.54) is 31.0 Å². The summed E-state index contributed by atoms with van der Waals surface area (Å²) in [5.41, 5.74) is -0.0317. The fourth-order valence-corrected chi connectivity index (χ4v) is 6.29. The molecular weight excluding hydrogens is 362 g/mol. The molecule has 0 radical (unpaired) electrons. The Morgan fingerprint density at radius 1 is 1.07 bits per heavy atom. The van der Waals surface area contributed by atoms with Crippen LogP contribution in [0.1, 0.15) is 38.5 Å². The van der Waals surface area contributed by atoms with Crippen molar-refractivity contribution in [3.8, 4) is 5.75 Å². The minimum absolute atomic E-state index is 0.0317. The summed E-state index contributed by atoms with van der Waals surface area (Å²) in [6, 6.07) is 7.51. The van der Waals surface area contributed by atoms with Crippen LogP contribution >= 0.6 is 11.8 Å². The van der Waals surface area contributed by atoms with Gasteiger partial charge in [0.1, 0.15) is 5.75 Å². The maximum atomic E-state index is 12.4. The van der Waals surface area contributed by atoms with Gasteiger partial charge in [-0.1, -0.05) is 0 Å². The van der Waals surface area contributed by atoms with E-state index >= 15 is 0 Å². The van der Waals surface area contributed by atoms with Crippen LogP contribution in [-0.4, -0.2) is 36.9 Å². The molecule has 5 nitrogen and oxygen atoms in total. The van der Waals surface area contributed by atoms with Crippen molar-refractivity contribution in [3.63, 3.8) is 0 Å². The van der Waals surface area contributed by atoms with Gasteiger partial charge in [0.2, 0.25) is 0 Å². The largest absolute Gasteiger partial charge is 0.497 e. The molecule has 146 valence electrons. The van der Waals surface area contributed by atoms with Gasteiger partial charge >= 0.3 is 5.97 Å². The van der Waals surface area contributed by atoms with Gasteiger partial charge in [-0.2, -0.15) is 0 Å². The molecule has 0 atom stereocenters. The van der Waals surface area contributed by atoms with E-state index in [1.807, 2.05) is 24.3 Å². The molecule has 4 fully saturated rings. The predicted octanol–water partition coefficient (Wildman–Crippen LogP) is 3.42. The zero-order valence-corrected chi connectivity index (χ0v) is 16.6. The highest BCUT2D eigenvalue weighted by Crippen LogP contribution is 2.55. The van der Waals surface area contributed by atoms with E-state index in [4.69, 9.17) is 9.47 Å². The van der Waals surface area contributed by atoms with Crippen molar-refractivity contribution in [2.75, 3.05) is 19.5 Å². The monoisotopic (exact) mass is 389 g/mol. The summed E-state index contributed by atoms with van der Waals surface area (Å²) in [5, 5.41) is 3.23. The van der Waals surface area contributed by atoms with Crippen LogP contribution in [0.25, 0.3) is 0 Å². The molecule has 0 unspecified atom stereocenters. The van der Waals surface area contributed by atoms with Gasteiger partial charge in [-0.05, 0) is 80.5 Å². The van der Waals surface area contributed by atoms with Gasteiger partial charge in [0.25, 0.3) is 5.91 Å².